The molecular formula is C18H22FN5O4S. The molecule has 2 amide bonds. The Hall–Kier alpha value is -2.82. The molecule has 0 bridgehead atoms. The number of sulfone groups is 1. The summed E-state index contributed by atoms with van der Waals surface area (Å²) in [5, 5.41) is 7.48. The summed E-state index contributed by atoms with van der Waals surface area (Å²) in [5.74, 6) is -0.914. The highest BCUT2D eigenvalue weighted by Gasteiger charge is 2.49. The van der Waals surface area contributed by atoms with Gasteiger partial charge in [-0.15, -0.1) is 0 Å². The third-order valence-corrected chi connectivity index (χ3v) is 7.37. The Morgan fingerprint density at radius 1 is 1.28 bits per heavy atom. The van der Waals surface area contributed by atoms with Crippen LogP contribution in [0.2, 0.25) is 0 Å². The smallest absolute Gasteiger partial charge is 0.321 e. The van der Waals surface area contributed by atoms with Gasteiger partial charge in [0.2, 0.25) is 20.7 Å². The largest absolute Gasteiger partial charge is 0.480 e. The van der Waals surface area contributed by atoms with Crippen LogP contribution in [0.1, 0.15) is 19.8 Å². The van der Waals surface area contributed by atoms with E-state index < -0.39 is 20.8 Å². The van der Waals surface area contributed by atoms with Gasteiger partial charge < -0.3 is 15.0 Å². The zero-order valence-electron chi connectivity index (χ0n) is 16.1. The highest BCUT2D eigenvalue weighted by atomic mass is 32.2. The number of ether oxygens (including phenoxy) is 1. The number of amides is 2. The maximum Gasteiger partial charge on any atom is 0.321 e. The van der Waals surface area contributed by atoms with Gasteiger partial charge in [-0.05, 0) is 38.0 Å². The molecule has 0 aromatic carbocycles. The number of rotatable bonds is 5. The molecule has 2 aromatic heterocycles. The van der Waals surface area contributed by atoms with Crippen LogP contribution in [0.5, 0.6) is 5.88 Å². The summed E-state index contributed by atoms with van der Waals surface area (Å²) >= 11 is 0. The van der Waals surface area contributed by atoms with Gasteiger partial charge in [-0.25, -0.2) is 22.6 Å². The predicted molar refractivity (Wildman–Crippen MR) is 103 cm³/mol. The standard InChI is InChI=1S/C18H22FN5O4S/c1-18(19,29(26,27)15-4-3-8-20-16(15)28-2)13-6-10-24(11-7-13)17(25)23-14-5-9-21-22-12-14/h3-5,8-9,12-13H,6-7,10-11H2,1-2H3,(H,21,23,25). The van der Waals surface area contributed by atoms with Crippen molar-refractivity contribution in [1.82, 2.24) is 20.1 Å². The number of aromatic nitrogens is 3. The van der Waals surface area contributed by atoms with Crippen molar-refractivity contribution in [3.05, 3.63) is 36.8 Å². The average molecular weight is 423 g/mol. The molecule has 0 saturated carbocycles. The molecule has 29 heavy (non-hydrogen) atoms. The minimum Gasteiger partial charge on any atom is -0.480 e. The number of alkyl halides is 1. The first-order chi connectivity index (χ1) is 13.8. The lowest BCUT2D eigenvalue weighted by Crippen LogP contribution is -2.48. The van der Waals surface area contributed by atoms with E-state index in [4.69, 9.17) is 4.74 Å². The number of likely N-dealkylation sites (tertiary alicyclic amines) is 1. The van der Waals surface area contributed by atoms with Gasteiger partial charge in [-0.2, -0.15) is 10.2 Å². The molecule has 0 aliphatic carbocycles. The van der Waals surface area contributed by atoms with Gasteiger partial charge in [-0.3, -0.25) is 0 Å². The van der Waals surface area contributed by atoms with Crippen LogP contribution >= 0.6 is 0 Å². The number of halogens is 1. The van der Waals surface area contributed by atoms with Crippen LogP contribution in [-0.4, -0.2) is 59.7 Å². The summed E-state index contributed by atoms with van der Waals surface area (Å²) in [5.41, 5.74) is 0.494. The minimum absolute atomic E-state index is 0.140. The SMILES string of the molecule is COc1ncccc1S(=O)(=O)C(C)(F)C1CCN(C(=O)Nc2ccnnc2)CC1. The molecule has 1 fully saturated rings. The van der Waals surface area contributed by atoms with E-state index >= 15 is 4.39 Å². The Morgan fingerprint density at radius 2 is 2.00 bits per heavy atom. The van der Waals surface area contributed by atoms with Crippen molar-refractivity contribution in [2.45, 2.75) is 29.7 Å². The molecule has 1 aliphatic rings. The Morgan fingerprint density at radius 3 is 2.62 bits per heavy atom. The third-order valence-electron chi connectivity index (χ3n) is 5.09. The number of carbonyl (C=O) groups excluding carboxylic acids is 1. The molecule has 1 aliphatic heterocycles. The highest BCUT2D eigenvalue weighted by Crippen LogP contribution is 2.41. The van der Waals surface area contributed by atoms with E-state index in [0.29, 0.717) is 5.69 Å². The molecule has 156 valence electrons. The molecular weight excluding hydrogens is 401 g/mol. The highest BCUT2D eigenvalue weighted by molar-refractivity contribution is 7.92. The van der Waals surface area contributed by atoms with Gasteiger partial charge in [0.15, 0.2) is 0 Å². The van der Waals surface area contributed by atoms with Crippen molar-refractivity contribution in [2.24, 2.45) is 5.92 Å². The first-order valence-corrected chi connectivity index (χ1v) is 10.5. The van der Waals surface area contributed by atoms with Crippen LogP contribution in [0.15, 0.2) is 41.7 Å². The molecule has 0 radical (unpaired) electrons. The maximum atomic E-state index is 15.6. The fraction of sp³-hybridized carbons (Fsp3) is 0.444. The van der Waals surface area contributed by atoms with Crippen molar-refractivity contribution in [2.75, 3.05) is 25.5 Å². The second-order valence-corrected chi connectivity index (χ2v) is 9.07. The van der Waals surface area contributed by atoms with E-state index in [1.54, 1.807) is 6.07 Å². The first-order valence-electron chi connectivity index (χ1n) is 9.02. The summed E-state index contributed by atoms with van der Waals surface area (Å²) in [7, 11) is -3.07. The molecule has 1 saturated heterocycles. The van der Waals surface area contributed by atoms with Crippen LogP contribution in [0.4, 0.5) is 14.9 Å². The first kappa shape index (κ1) is 20.9. The quantitative estimate of drug-likeness (QED) is 0.785. The van der Waals surface area contributed by atoms with Crippen molar-refractivity contribution < 1.29 is 22.3 Å². The third kappa shape index (κ3) is 4.14. The summed E-state index contributed by atoms with van der Waals surface area (Å²) in [6, 6.07) is 3.95. The van der Waals surface area contributed by atoms with Crippen molar-refractivity contribution in [3.63, 3.8) is 0 Å². The van der Waals surface area contributed by atoms with E-state index in [9.17, 15) is 13.2 Å². The lowest BCUT2D eigenvalue weighted by atomic mass is 9.92. The molecule has 1 atom stereocenters. The molecule has 1 N–H and O–H groups in total. The van der Waals surface area contributed by atoms with Crippen LogP contribution in [0, 0.1) is 5.92 Å². The number of hydrogen-bond acceptors (Lipinski definition) is 7. The number of nitrogens with zero attached hydrogens (tertiary/aromatic N) is 4. The van der Waals surface area contributed by atoms with Gasteiger partial charge in [0.05, 0.1) is 25.2 Å². The van der Waals surface area contributed by atoms with Gasteiger partial charge >= 0.3 is 6.03 Å². The zero-order valence-corrected chi connectivity index (χ0v) is 16.9. The Labute approximate surface area is 168 Å². The van der Waals surface area contributed by atoms with Crippen LogP contribution in [-0.2, 0) is 9.84 Å². The summed E-state index contributed by atoms with van der Waals surface area (Å²) in [6.07, 6.45) is 4.65. The Balaban J connectivity index is 1.70. The monoisotopic (exact) mass is 423 g/mol. The number of pyridine rings is 1. The van der Waals surface area contributed by atoms with Gasteiger partial charge in [0, 0.05) is 25.2 Å². The van der Waals surface area contributed by atoms with Crippen molar-refractivity contribution in [1.29, 1.82) is 0 Å². The number of nitrogens with one attached hydrogen (secondary N) is 1. The van der Waals surface area contributed by atoms with Crippen LogP contribution in [0.3, 0.4) is 0 Å². The zero-order chi connectivity index (χ0) is 21.1. The average Bonchev–Trinajstić information content (AvgIpc) is 2.74. The van der Waals surface area contributed by atoms with Crippen molar-refractivity contribution in [3.8, 4) is 5.88 Å². The second-order valence-electron chi connectivity index (χ2n) is 6.82. The summed E-state index contributed by atoms with van der Waals surface area (Å²) < 4.78 is 46.6. The molecule has 0 spiro atoms. The van der Waals surface area contributed by atoms with Gasteiger partial charge in [-0.1, -0.05) is 0 Å². The molecule has 3 rings (SSSR count). The van der Waals surface area contributed by atoms with Crippen LogP contribution in [0.25, 0.3) is 0 Å². The number of anilines is 1. The summed E-state index contributed by atoms with van der Waals surface area (Å²) in [4.78, 5) is 17.5. The molecule has 11 heteroatoms. The van der Waals surface area contributed by atoms with Crippen LogP contribution < -0.4 is 10.1 Å². The fourth-order valence-electron chi connectivity index (χ4n) is 3.33. The lowest BCUT2D eigenvalue weighted by molar-refractivity contribution is 0.117. The van der Waals surface area contributed by atoms with Gasteiger partial charge in [0.25, 0.3) is 0 Å². The number of methoxy groups -OCH3 is 1. The molecule has 1 unspecified atom stereocenters. The van der Waals surface area contributed by atoms with E-state index in [-0.39, 0.29) is 42.7 Å². The van der Waals surface area contributed by atoms with E-state index in [0.717, 1.165) is 6.92 Å². The van der Waals surface area contributed by atoms with Gasteiger partial charge in [0.1, 0.15) is 4.90 Å². The van der Waals surface area contributed by atoms with Crippen molar-refractivity contribution >= 4 is 21.6 Å². The summed E-state index contributed by atoms with van der Waals surface area (Å²) in [6.45, 7) is 1.53. The minimum atomic E-state index is -4.36. The Kier molecular flexibility index (Phi) is 5.96. The number of piperidine rings is 1. The fourth-order valence-corrected chi connectivity index (χ4v) is 5.06. The maximum absolute atomic E-state index is 15.6. The topological polar surface area (TPSA) is 114 Å². The van der Waals surface area contributed by atoms with E-state index in [1.165, 1.54) is 42.7 Å². The van der Waals surface area contributed by atoms with E-state index in [1.807, 2.05) is 0 Å². The lowest BCUT2D eigenvalue weighted by Gasteiger charge is -2.37. The number of urea groups is 1. The molecule has 9 nitrogen and oxygen atoms in total. The molecule has 2 aromatic rings. The second kappa shape index (κ2) is 8.27. The molecule has 3 heterocycles. The van der Waals surface area contributed by atoms with E-state index in [2.05, 4.69) is 20.5 Å². The predicted octanol–water partition coefficient (Wildman–Crippen LogP) is 2.28. The Bertz CT molecular complexity index is 963. The number of carbonyl (C=O) groups is 1. The number of hydrogen-bond donors (Lipinski definition) is 1. The normalized spacial score (nSPS) is 17.4.